The van der Waals surface area contributed by atoms with Crippen LogP contribution in [0.2, 0.25) is 5.02 Å². The molecule has 0 spiro atoms. The standard InChI is InChI=1S/C23H24ClNO3/c1-18-17-19(24)7-12-23(18)28-14-13-25-20-8-10-22(11-9-20)27-16-15-26-21-5-3-2-4-6-21/h2-12,17,25H,13-16H2,1H3. The van der Waals surface area contributed by atoms with Crippen LogP contribution in [0.25, 0.3) is 0 Å². The summed E-state index contributed by atoms with van der Waals surface area (Å²) in [5.41, 5.74) is 2.05. The van der Waals surface area contributed by atoms with E-state index in [2.05, 4.69) is 5.32 Å². The van der Waals surface area contributed by atoms with Crippen molar-refractivity contribution in [3.8, 4) is 17.2 Å². The Morgan fingerprint density at radius 3 is 2.11 bits per heavy atom. The molecule has 0 aliphatic rings. The van der Waals surface area contributed by atoms with Crippen LogP contribution in [0.5, 0.6) is 17.2 Å². The van der Waals surface area contributed by atoms with E-state index < -0.39 is 0 Å². The van der Waals surface area contributed by atoms with Gasteiger partial charge in [-0.15, -0.1) is 0 Å². The summed E-state index contributed by atoms with van der Waals surface area (Å²) in [6.45, 7) is 4.25. The van der Waals surface area contributed by atoms with E-state index in [1.807, 2.05) is 79.7 Å². The van der Waals surface area contributed by atoms with Gasteiger partial charge in [0, 0.05) is 17.3 Å². The second-order valence-electron chi connectivity index (χ2n) is 6.22. The van der Waals surface area contributed by atoms with Gasteiger partial charge in [-0.3, -0.25) is 0 Å². The number of anilines is 1. The molecule has 28 heavy (non-hydrogen) atoms. The minimum atomic E-state index is 0.496. The quantitative estimate of drug-likeness (QED) is 0.452. The van der Waals surface area contributed by atoms with E-state index in [4.69, 9.17) is 25.8 Å². The number of ether oxygens (including phenoxy) is 3. The topological polar surface area (TPSA) is 39.7 Å². The first kappa shape index (κ1) is 19.9. The van der Waals surface area contributed by atoms with Crippen molar-refractivity contribution in [2.45, 2.75) is 6.92 Å². The largest absolute Gasteiger partial charge is 0.491 e. The van der Waals surface area contributed by atoms with Crippen molar-refractivity contribution in [1.82, 2.24) is 0 Å². The second kappa shape index (κ2) is 10.5. The van der Waals surface area contributed by atoms with Gasteiger partial charge in [-0.1, -0.05) is 29.8 Å². The molecule has 3 aromatic carbocycles. The van der Waals surface area contributed by atoms with Crippen molar-refractivity contribution >= 4 is 17.3 Å². The van der Waals surface area contributed by atoms with Gasteiger partial charge in [0.1, 0.15) is 37.1 Å². The Morgan fingerprint density at radius 2 is 1.43 bits per heavy atom. The normalized spacial score (nSPS) is 10.4. The lowest BCUT2D eigenvalue weighted by Gasteiger charge is -2.12. The molecule has 3 aromatic rings. The Kier molecular flexibility index (Phi) is 7.44. The summed E-state index contributed by atoms with van der Waals surface area (Å²) in [5.74, 6) is 2.52. The van der Waals surface area contributed by atoms with Gasteiger partial charge >= 0.3 is 0 Å². The zero-order chi connectivity index (χ0) is 19.6. The maximum absolute atomic E-state index is 5.95. The van der Waals surface area contributed by atoms with E-state index in [-0.39, 0.29) is 0 Å². The van der Waals surface area contributed by atoms with E-state index in [0.29, 0.717) is 26.4 Å². The van der Waals surface area contributed by atoms with E-state index in [0.717, 1.165) is 33.5 Å². The molecule has 0 atom stereocenters. The highest BCUT2D eigenvalue weighted by Gasteiger charge is 2.01. The molecule has 5 heteroatoms. The number of halogens is 1. The zero-order valence-corrected chi connectivity index (χ0v) is 16.6. The highest BCUT2D eigenvalue weighted by atomic mass is 35.5. The van der Waals surface area contributed by atoms with Gasteiger partial charge in [-0.2, -0.15) is 0 Å². The van der Waals surface area contributed by atoms with Gasteiger partial charge < -0.3 is 19.5 Å². The smallest absolute Gasteiger partial charge is 0.122 e. The van der Waals surface area contributed by atoms with Crippen LogP contribution in [0.4, 0.5) is 5.69 Å². The Bertz CT molecular complexity index is 853. The Hall–Kier alpha value is -2.85. The number of aryl methyl sites for hydroxylation is 1. The van der Waals surface area contributed by atoms with Crippen LogP contribution in [0.1, 0.15) is 5.56 Å². The molecule has 146 valence electrons. The first-order valence-corrected chi connectivity index (χ1v) is 9.62. The molecule has 3 rings (SSSR count). The van der Waals surface area contributed by atoms with Crippen molar-refractivity contribution in [2.75, 3.05) is 31.7 Å². The fourth-order valence-electron chi connectivity index (χ4n) is 2.64. The number of nitrogens with one attached hydrogen (secondary N) is 1. The maximum atomic E-state index is 5.95. The van der Waals surface area contributed by atoms with Crippen LogP contribution in [0.3, 0.4) is 0 Å². The number of hydrogen-bond acceptors (Lipinski definition) is 4. The van der Waals surface area contributed by atoms with E-state index in [1.54, 1.807) is 0 Å². The molecule has 0 fully saturated rings. The summed E-state index contributed by atoms with van der Waals surface area (Å²) in [6, 6.07) is 23.2. The summed E-state index contributed by atoms with van der Waals surface area (Å²) in [5, 5.41) is 4.05. The summed E-state index contributed by atoms with van der Waals surface area (Å²) in [7, 11) is 0. The van der Waals surface area contributed by atoms with Crippen molar-refractivity contribution < 1.29 is 14.2 Å². The van der Waals surface area contributed by atoms with Crippen LogP contribution in [-0.2, 0) is 0 Å². The molecule has 0 heterocycles. The predicted octanol–water partition coefficient (Wildman–Crippen LogP) is 5.60. The summed E-state index contributed by atoms with van der Waals surface area (Å²) in [4.78, 5) is 0. The van der Waals surface area contributed by atoms with E-state index >= 15 is 0 Å². The molecule has 0 radical (unpaired) electrons. The fraction of sp³-hybridized carbons (Fsp3) is 0.217. The third-order valence-electron chi connectivity index (χ3n) is 4.04. The lowest BCUT2D eigenvalue weighted by Crippen LogP contribution is -2.12. The van der Waals surface area contributed by atoms with Gasteiger partial charge in [0.2, 0.25) is 0 Å². The summed E-state index contributed by atoms with van der Waals surface area (Å²) < 4.78 is 17.1. The first-order valence-electron chi connectivity index (χ1n) is 9.24. The number of rotatable bonds is 10. The van der Waals surface area contributed by atoms with Crippen molar-refractivity contribution in [2.24, 2.45) is 0 Å². The van der Waals surface area contributed by atoms with Gasteiger partial charge in [-0.25, -0.2) is 0 Å². The molecule has 0 aliphatic carbocycles. The third-order valence-corrected chi connectivity index (χ3v) is 4.28. The molecule has 0 amide bonds. The van der Waals surface area contributed by atoms with Crippen LogP contribution in [0.15, 0.2) is 72.8 Å². The SMILES string of the molecule is Cc1cc(Cl)ccc1OCCNc1ccc(OCCOc2ccccc2)cc1. The molecule has 0 unspecified atom stereocenters. The molecule has 0 saturated carbocycles. The predicted molar refractivity (Wildman–Crippen MR) is 114 cm³/mol. The average molecular weight is 398 g/mol. The molecular formula is C23H24ClNO3. The number of para-hydroxylation sites is 1. The minimum Gasteiger partial charge on any atom is -0.491 e. The van der Waals surface area contributed by atoms with Crippen LogP contribution in [-0.4, -0.2) is 26.4 Å². The molecule has 4 nitrogen and oxygen atoms in total. The monoisotopic (exact) mass is 397 g/mol. The Labute approximate surface area is 171 Å². The van der Waals surface area contributed by atoms with Gasteiger partial charge in [-0.05, 0) is 67.1 Å². The third kappa shape index (κ3) is 6.39. The highest BCUT2D eigenvalue weighted by molar-refractivity contribution is 6.30. The molecule has 0 aromatic heterocycles. The highest BCUT2D eigenvalue weighted by Crippen LogP contribution is 2.21. The average Bonchev–Trinajstić information content (AvgIpc) is 2.72. The fourth-order valence-corrected chi connectivity index (χ4v) is 2.86. The number of hydrogen-bond donors (Lipinski definition) is 1. The summed E-state index contributed by atoms with van der Waals surface area (Å²) >= 11 is 5.95. The lowest BCUT2D eigenvalue weighted by atomic mass is 10.2. The minimum absolute atomic E-state index is 0.496. The summed E-state index contributed by atoms with van der Waals surface area (Å²) in [6.07, 6.45) is 0. The zero-order valence-electron chi connectivity index (χ0n) is 15.9. The van der Waals surface area contributed by atoms with E-state index in [1.165, 1.54) is 0 Å². The van der Waals surface area contributed by atoms with Crippen molar-refractivity contribution in [1.29, 1.82) is 0 Å². The van der Waals surface area contributed by atoms with Gasteiger partial charge in [0.05, 0.1) is 0 Å². The van der Waals surface area contributed by atoms with Crippen molar-refractivity contribution in [3.05, 3.63) is 83.4 Å². The molecule has 0 aliphatic heterocycles. The first-order chi connectivity index (χ1) is 13.7. The Balaban J connectivity index is 1.33. The second-order valence-corrected chi connectivity index (χ2v) is 6.66. The molecule has 0 bridgehead atoms. The van der Waals surface area contributed by atoms with Gasteiger partial charge in [0.25, 0.3) is 0 Å². The number of benzene rings is 3. The molecule has 1 N–H and O–H groups in total. The van der Waals surface area contributed by atoms with Crippen molar-refractivity contribution in [3.63, 3.8) is 0 Å². The molecular weight excluding hydrogens is 374 g/mol. The van der Waals surface area contributed by atoms with Crippen LogP contribution in [0, 0.1) is 6.92 Å². The van der Waals surface area contributed by atoms with Gasteiger partial charge in [0.15, 0.2) is 0 Å². The van der Waals surface area contributed by atoms with Crippen LogP contribution < -0.4 is 19.5 Å². The lowest BCUT2D eigenvalue weighted by molar-refractivity contribution is 0.217. The Morgan fingerprint density at radius 1 is 0.750 bits per heavy atom. The maximum Gasteiger partial charge on any atom is 0.122 e. The molecule has 0 saturated heterocycles. The van der Waals surface area contributed by atoms with E-state index in [9.17, 15) is 0 Å². The van der Waals surface area contributed by atoms with Crippen LogP contribution >= 0.6 is 11.6 Å².